The van der Waals surface area contributed by atoms with Crippen LogP contribution in [0.5, 0.6) is 0 Å². The van der Waals surface area contributed by atoms with Gasteiger partial charge in [-0.1, -0.05) is 78.3 Å². The lowest BCUT2D eigenvalue weighted by molar-refractivity contribution is -0.939. The SMILES string of the molecule is O=C(C[N+]12CCC(CC1)[C@@H](OC(=O)C(O)(c1ccccc1)c1ccccc1)C2)Nc1cccc(Cl)c1.O=C([O-])C(F)(F)F. The fraction of sp³-hybridized carbons (Fsp3) is 0.323. The van der Waals surface area contributed by atoms with Crippen LogP contribution >= 0.6 is 11.6 Å². The Hall–Kier alpha value is -3.93. The number of alkyl halides is 3. The van der Waals surface area contributed by atoms with E-state index in [1.807, 2.05) is 18.2 Å². The summed E-state index contributed by atoms with van der Waals surface area (Å²) >= 11 is 6.05. The molecule has 0 spiro atoms. The quantitative estimate of drug-likeness (QED) is 0.309. The molecule has 3 aromatic rings. The van der Waals surface area contributed by atoms with Gasteiger partial charge in [0.15, 0.2) is 12.6 Å². The molecule has 228 valence electrons. The van der Waals surface area contributed by atoms with Gasteiger partial charge in [0.1, 0.15) is 12.5 Å². The highest BCUT2D eigenvalue weighted by Crippen LogP contribution is 2.38. The third-order valence-corrected chi connectivity index (χ3v) is 8.03. The number of aliphatic hydroxyl groups is 1. The number of nitrogens with zero attached hydrogens (tertiary/aromatic N) is 1. The molecule has 3 fully saturated rings. The predicted molar refractivity (Wildman–Crippen MR) is 149 cm³/mol. The molecule has 0 unspecified atom stereocenters. The van der Waals surface area contributed by atoms with Crippen molar-refractivity contribution in [3.63, 3.8) is 0 Å². The van der Waals surface area contributed by atoms with E-state index in [9.17, 15) is 27.9 Å². The number of nitrogens with one attached hydrogen (secondary N) is 1. The largest absolute Gasteiger partial charge is 0.542 e. The third-order valence-electron chi connectivity index (χ3n) is 7.80. The first-order chi connectivity index (χ1) is 20.3. The van der Waals surface area contributed by atoms with E-state index in [4.69, 9.17) is 26.2 Å². The highest BCUT2D eigenvalue weighted by atomic mass is 35.5. The number of amides is 1. The number of fused-ring (bicyclic) bond motifs is 3. The first-order valence-corrected chi connectivity index (χ1v) is 13.9. The molecule has 3 aliphatic rings. The number of esters is 1. The van der Waals surface area contributed by atoms with E-state index in [1.165, 1.54) is 0 Å². The normalized spacial score (nSPS) is 21.2. The molecule has 1 atom stereocenters. The summed E-state index contributed by atoms with van der Waals surface area (Å²) in [4.78, 5) is 35.3. The average Bonchev–Trinajstić information content (AvgIpc) is 2.97. The zero-order valence-corrected chi connectivity index (χ0v) is 23.7. The van der Waals surface area contributed by atoms with Gasteiger partial charge in [-0.25, -0.2) is 4.79 Å². The van der Waals surface area contributed by atoms with Crippen molar-refractivity contribution < 1.29 is 47.0 Å². The zero-order chi connectivity index (χ0) is 31.3. The summed E-state index contributed by atoms with van der Waals surface area (Å²) in [5, 5.41) is 24.1. The highest BCUT2D eigenvalue weighted by molar-refractivity contribution is 6.30. The number of carbonyl (C=O) groups excluding carboxylic acids is 3. The summed E-state index contributed by atoms with van der Waals surface area (Å²) < 4.78 is 38.2. The Labute approximate surface area is 251 Å². The number of piperidine rings is 3. The number of carboxylic acid groups (broad SMARTS) is 1. The zero-order valence-electron chi connectivity index (χ0n) is 22.9. The van der Waals surface area contributed by atoms with Gasteiger partial charge in [-0.3, -0.25) is 4.79 Å². The Morgan fingerprint density at radius 1 is 0.930 bits per heavy atom. The van der Waals surface area contributed by atoms with E-state index in [-0.39, 0.29) is 17.9 Å². The molecule has 2 bridgehead atoms. The molecule has 2 N–H and O–H groups in total. The second-order valence-electron chi connectivity index (χ2n) is 10.7. The Kier molecular flexibility index (Phi) is 9.79. The standard InChI is InChI=1S/C29H29ClN2O4.C2HF3O2/c30-24-12-7-13-25(18-24)31-27(33)20-32-16-14-21(15-17-32)26(19-32)36-28(34)29(35,22-8-3-1-4-9-22)23-10-5-2-6-11-23;3-2(4,5)1(6)7/h1-13,18,21,26,35H,14-17,19-20H2;(H,6,7)/t21?,26-,32?;/m0./s1. The number of carbonyl (C=O) groups is 3. The fourth-order valence-corrected chi connectivity index (χ4v) is 5.82. The summed E-state index contributed by atoms with van der Waals surface area (Å²) in [5.41, 5.74) is -0.320. The molecule has 0 aromatic heterocycles. The molecule has 0 aliphatic carbocycles. The van der Waals surface area contributed by atoms with Gasteiger partial charge in [0.05, 0.1) is 13.1 Å². The van der Waals surface area contributed by atoms with Gasteiger partial charge < -0.3 is 29.5 Å². The van der Waals surface area contributed by atoms with Crippen molar-refractivity contribution in [3.05, 3.63) is 101 Å². The summed E-state index contributed by atoms with van der Waals surface area (Å²) in [5.74, 6) is -3.55. The van der Waals surface area contributed by atoms with Crippen molar-refractivity contribution in [2.24, 2.45) is 5.92 Å². The fourth-order valence-electron chi connectivity index (χ4n) is 5.63. The molecule has 43 heavy (non-hydrogen) atoms. The van der Waals surface area contributed by atoms with Crippen LogP contribution in [0.1, 0.15) is 24.0 Å². The van der Waals surface area contributed by atoms with Gasteiger partial charge in [-0.15, -0.1) is 0 Å². The molecule has 12 heteroatoms. The number of halogens is 4. The number of carboxylic acids is 1. The number of hydrogen-bond donors (Lipinski definition) is 2. The molecule has 8 nitrogen and oxygen atoms in total. The van der Waals surface area contributed by atoms with Crippen molar-refractivity contribution in [2.75, 3.05) is 31.5 Å². The lowest BCUT2D eigenvalue weighted by Gasteiger charge is -2.51. The molecular weight excluding hydrogens is 589 g/mol. The minimum absolute atomic E-state index is 0.0900. The van der Waals surface area contributed by atoms with Gasteiger partial charge in [0.2, 0.25) is 5.60 Å². The van der Waals surface area contributed by atoms with Crippen LogP contribution in [0.3, 0.4) is 0 Å². The van der Waals surface area contributed by atoms with Gasteiger partial charge in [0.25, 0.3) is 5.91 Å². The second kappa shape index (κ2) is 13.2. The molecule has 3 aliphatic heterocycles. The van der Waals surface area contributed by atoms with E-state index >= 15 is 0 Å². The lowest BCUT2D eigenvalue weighted by Crippen LogP contribution is -2.66. The highest BCUT2D eigenvalue weighted by Gasteiger charge is 2.51. The summed E-state index contributed by atoms with van der Waals surface area (Å²) in [6.07, 6.45) is -3.81. The van der Waals surface area contributed by atoms with Crippen LogP contribution in [0, 0.1) is 5.92 Å². The first-order valence-electron chi connectivity index (χ1n) is 13.6. The van der Waals surface area contributed by atoms with Crippen molar-refractivity contribution in [2.45, 2.75) is 30.7 Å². The molecule has 3 aromatic carbocycles. The van der Waals surface area contributed by atoms with Crippen molar-refractivity contribution >= 4 is 35.1 Å². The van der Waals surface area contributed by atoms with E-state index < -0.39 is 23.7 Å². The van der Waals surface area contributed by atoms with Crippen LogP contribution in [-0.2, 0) is 24.7 Å². The number of aliphatic carboxylic acids is 1. The first kappa shape index (κ1) is 32.0. The number of benzene rings is 3. The minimum atomic E-state index is -5.19. The average molecular weight is 619 g/mol. The van der Waals surface area contributed by atoms with E-state index in [0.29, 0.717) is 39.4 Å². The summed E-state index contributed by atoms with van der Waals surface area (Å²) in [6, 6.07) is 24.9. The topological polar surface area (TPSA) is 116 Å². The van der Waals surface area contributed by atoms with Crippen LogP contribution in [0.4, 0.5) is 18.9 Å². The molecule has 3 saturated heterocycles. The lowest BCUT2D eigenvalue weighted by atomic mass is 9.82. The number of anilines is 1. The predicted octanol–water partition coefficient (Wildman–Crippen LogP) is 3.67. The Balaban J connectivity index is 0.000000541. The van der Waals surface area contributed by atoms with Crippen LogP contribution in [0.25, 0.3) is 0 Å². The van der Waals surface area contributed by atoms with Crippen molar-refractivity contribution in [1.29, 1.82) is 0 Å². The number of quaternary nitrogens is 1. The monoisotopic (exact) mass is 618 g/mol. The van der Waals surface area contributed by atoms with Crippen molar-refractivity contribution in [3.8, 4) is 0 Å². The van der Waals surface area contributed by atoms with Gasteiger partial charge in [-0.2, -0.15) is 13.2 Å². The van der Waals surface area contributed by atoms with Gasteiger partial charge in [0, 0.05) is 29.5 Å². The van der Waals surface area contributed by atoms with E-state index in [1.54, 1.807) is 66.7 Å². The van der Waals surface area contributed by atoms with Crippen LogP contribution in [0.15, 0.2) is 84.9 Å². The Morgan fingerprint density at radius 2 is 1.47 bits per heavy atom. The maximum absolute atomic E-state index is 13.6. The molecule has 1 amide bonds. The van der Waals surface area contributed by atoms with E-state index in [2.05, 4.69) is 5.32 Å². The Morgan fingerprint density at radius 3 is 1.95 bits per heavy atom. The number of rotatable bonds is 7. The summed E-state index contributed by atoms with van der Waals surface area (Å²) in [6.45, 7) is 2.58. The van der Waals surface area contributed by atoms with Crippen molar-refractivity contribution in [1.82, 2.24) is 0 Å². The molecule has 0 saturated carbocycles. The smallest absolute Gasteiger partial charge is 0.430 e. The number of hydrogen-bond acceptors (Lipinski definition) is 6. The maximum Gasteiger partial charge on any atom is 0.430 e. The summed E-state index contributed by atoms with van der Waals surface area (Å²) in [7, 11) is 0. The molecule has 3 heterocycles. The molecular formula is C31H30ClF3N2O6. The van der Waals surface area contributed by atoms with Gasteiger partial charge >= 0.3 is 12.1 Å². The maximum atomic E-state index is 13.6. The van der Waals surface area contributed by atoms with Crippen LogP contribution in [0.2, 0.25) is 5.02 Å². The van der Waals surface area contributed by atoms with Crippen LogP contribution in [-0.4, -0.2) is 65.9 Å². The molecule has 6 rings (SSSR count). The third kappa shape index (κ3) is 7.73. The molecule has 0 radical (unpaired) electrons. The Bertz CT molecular complexity index is 1390. The van der Waals surface area contributed by atoms with Gasteiger partial charge in [-0.05, 0) is 29.3 Å². The second-order valence-corrected chi connectivity index (χ2v) is 11.1. The van der Waals surface area contributed by atoms with E-state index in [0.717, 1.165) is 25.9 Å². The minimum Gasteiger partial charge on any atom is -0.542 e. The number of ether oxygens (including phenoxy) is 1. The van der Waals surface area contributed by atoms with Crippen LogP contribution < -0.4 is 10.4 Å².